The van der Waals surface area contributed by atoms with Gasteiger partial charge in [0.05, 0.1) is 6.04 Å². The standard InChI is InChI=1S/C12H17FN2O2/c1-17-8-2-3-11(14)12(16)15-10-6-4-9(13)5-7-10/h4-7,11H,2-3,8,14H2,1H3,(H,15,16). The highest BCUT2D eigenvalue weighted by Crippen LogP contribution is 2.09. The van der Waals surface area contributed by atoms with Crippen molar-refractivity contribution in [2.45, 2.75) is 18.9 Å². The molecule has 0 bridgehead atoms. The van der Waals surface area contributed by atoms with Crippen LogP contribution in [0.2, 0.25) is 0 Å². The summed E-state index contributed by atoms with van der Waals surface area (Å²) < 4.78 is 17.5. The Morgan fingerprint density at radius 1 is 1.47 bits per heavy atom. The number of benzene rings is 1. The van der Waals surface area contributed by atoms with E-state index < -0.39 is 6.04 Å². The summed E-state index contributed by atoms with van der Waals surface area (Å²) >= 11 is 0. The number of amides is 1. The van der Waals surface area contributed by atoms with Gasteiger partial charge in [0.1, 0.15) is 5.82 Å². The van der Waals surface area contributed by atoms with Crippen molar-refractivity contribution in [1.82, 2.24) is 0 Å². The van der Waals surface area contributed by atoms with Crippen LogP contribution in [0.3, 0.4) is 0 Å². The molecule has 0 saturated heterocycles. The molecule has 0 radical (unpaired) electrons. The summed E-state index contributed by atoms with van der Waals surface area (Å²) in [6, 6.07) is 4.98. The van der Waals surface area contributed by atoms with E-state index in [4.69, 9.17) is 10.5 Å². The van der Waals surface area contributed by atoms with Crippen molar-refractivity contribution in [2.75, 3.05) is 19.0 Å². The molecule has 5 heteroatoms. The first-order valence-electron chi connectivity index (χ1n) is 5.44. The minimum atomic E-state index is -0.574. The predicted molar refractivity (Wildman–Crippen MR) is 64.1 cm³/mol. The van der Waals surface area contributed by atoms with Gasteiger partial charge in [0, 0.05) is 19.4 Å². The van der Waals surface area contributed by atoms with Crippen molar-refractivity contribution >= 4 is 11.6 Å². The van der Waals surface area contributed by atoms with Gasteiger partial charge in [0.15, 0.2) is 0 Å². The molecule has 0 spiro atoms. The van der Waals surface area contributed by atoms with Crippen LogP contribution in [-0.2, 0) is 9.53 Å². The number of hydrogen-bond acceptors (Lipinski definition) is 3. The Morgan fingerprint density at radius 2 is 2.12 bits per heavy atom. The van der Waals surface area contributed by atoms with Crippen molar-refractivity contribution in [3.05, 3.63) is 30.1 Å². The first-order chi connectivity index (χ1) is 8.13. The van der Waals surface area contributed by atoms with Gasteiger partial charge in [-0.15, -0.1) is 0 Å². The highest BCUT2D eigenvalue weighted by atomic mass is 19.1. The molecular formula is C12H17FN2O2. The summed E-state index contributed by atoms with van der Waals surface area (Å²) in [5.74, 6) is -0.611. The summed E-state index contributed by atoms with van der Waals surface area (Å²) in [4.78, 5) is 11.6. The maximum Gasteiger partial charge on any atom is 0.241 e. The fraction of sp³-hybridized carbons (Fsp3) is 0.417. The fourth-order valence-electron chi connectivity index (χ4n) is 1.35. The smallest absolute Gasteiger partial charge is 0.241 e. The lowest BCUT2D eigenvalue weighted by molar-refractivity contribution is -0.117. The van der Waals surface area contributed by atoms with Crippen molar-refractivity contribution in [3.8, 4) is 0 Å². The van der Waals surface area contributed by atoms with Gasteiger partial charge in [-0.1, -0.05) is 0 Å². The van der Waals surface area contributed by atoms with Crippen molar-refractivity contribution in [2.24, 2.45) is 5.73 Å². The molecule has 4 nitrogen and oxygen atoms in total. The molecule has 1 amide bonds. The molecule has 1 aromatic rings. The monoisotopic (exact) mass is 240 g/mol. The molecule has 0 aliphatic rings. The van der Waals surface area contributed by atoms with Gasteiger partial charge in [-0.3, -0.25) is 4.79 Å². The summed E-state index contributed by atoms with van der Waals surface area (Å²) in [6.45, 7) is 0.581. The molecular weight excluding hydrogens is 223 g/mol. The molecule has 0 aliphatic heterocycles. The van der Waals surface area contributed by atoms with E-state index in [1.54, 1.807) is 7.11 Å². The Bertz CT molecular complexity index is 354. The van der Waals surface area contributed by atoms with Crippen LogP contribution in [-0.4, -0.2) is 25.7 Å². The highest BCUT2D eigenvalue weighted by Gasteiger charge is 2.12. The van der Waals surface area contributed by atoms with E-state index >= 15 is 0 Å². The zero-order valence-electron chi connectivity index (χ0n) is 9.78. The Morgan fingerprint density at radius 3 is 2.71 bits per heavy atom. The third kappa shape index (κ3) is 4.93. The van der Waals surface area contributed by atoms with Crippen molar-refractivity contribution < 1.29 is 13.9 Å². The second-order valence-electron chi connectivity index (χ2n) is 3.74. The quantitative estimate of drug-likeness (QED) is 0.741. The largest absolute Gasteiger partial charge is 0.385 e. The van der Waals surface area contributed by atoms with E-state index in [1.165, 1.54) is 24.3 Å². The number of methoxy groups -OCH3 is 1. The molecule has 17 heavy (non-hydrogen) atoms. The minimum Gasteiger partial charge on any atom is -0.385 e. The number of nitrogens with one attached hydrogen (secondary N) is 1. The normalized spacial score (nSPS) is 12.2. The number of nitrogens with two attached hydrogens (primary N) is 1. The van der Waals surface area contributed by atoms with Crippen LogP contribution in [0.5, 0.6) is 0 Å². The molecule has 3 N–H and O–H groups in total. The summed E-state index contributed by atoms with van der Waals surface area (Å²) in [6.07, 6.45) is 1.29. The van der Waals surface area contributed by atoms with Gasteiger partial charge in [0.25, 0.3) is 0 Å². The van der Waals surface area contributed by atoms with E-state index in [0.29, 0.717) is 18.7 Å². The van der Waals surface area contributed by atoms with E-state index in [9.17, 15) is 9.18 Å². The number of rotatable bonds is 6. The predicted octanol–water partition coefficient (Wildman–Crippen LogP) is 1.52. The molecule has 1 atom stereocenters. The molecule has 94 valence electrons. The molecule has 0 aromatic heterocycles. The van der Waals surface area contributed by atoms with E-state index in [-0.39, 0.29) is 11.7 Å². The third-order valence-electron chi connectivity index (χ3n) is 2.31. The second-order valence-corrected chi connectivity index (χ2v) is 3.74. The van der Waals surface area contributed by atoms with Crippen LogP contribution in [0.1, 0.15) is 12.8 Å². The Kier molecular flexibility index (Phi) is 5.59. The third-order valence-corrected chi connectivity index (χ3v) is 2.31. The zero-order valence-corrected chi connectivity index (χ0v) is 9.78. The maximum atomic E-state index is 12.6. The molecule has 0 aliphatic carbocycles. The number of carbonyl (C=O) groups is 1. The fourth-order valence-corrected chi connectivity index (χ4v) is 1.35. The molecule has 1 rings (SSSR count). The number of halogens is 1. The van der Waals surface area contributed by atoms with Crippen LogP contribution in [0.25, 0.3) is 0 Å². The summed E-state index contributed by atoms with van der Waals surface area (Å²) in [5, 5.41) is 2.62. The van der Waals surface area contributed by atoms with Crippen LogP contribution < -0.4 is 11.1 Å². The zero-order chi connectivity index (χ0) is 12.7. The number of hydrogen-bond donors (Lipinski definition) is 2. The molecule has 1 unspecified atom stereocenters. The van der Waals surface area contributed by atoms with Gasteiger partial charge >= 0.3 is 0 Å². The molecule has 0 heterocycles. The van der Waals surface area contributed by atoms with Crippen LogP contribution >= 0.6 is 0 Å². The highest BCUT2D eigenvalue weighted by molar-refractivity contribution is 5.94. The topological polar surface area (TPSA) is 64.3 Å². The Labute approximate surface area is 100.0 Å². The number of anilines is 1. The lowest BCUT2D eigenvalue weighted by Crippen LogP contribution is -2.35. The van der Waals surface area contributed by atoms with Crippen LogP contribution in [0.15, 0.2) is 24.3 Å². The number of ether oxygens (including phenoxy) is 1. The lowest BCUT2D eigenvalue weighted by Gasteiger charge is -2.11. The molecule has 1 aromatic carbocycles. The summed E-state index contributed by atoms with van der Waals surface area (Å²) in [5.41, 5.74) is 6.23. The average Bonchev–Trinajstić information content (AvgIpc) is 2.32. The minimum absolute atomic E-state index is 0.271. The van der Waals surface area contributed by atoms with E-state index in [2.05, 4.69) is 5.32 Å². The van der Waals surface area contributed by atoms with Crippen LogP contribution in [0, 0.1) is 5.82 Å². The van der Waals surface area contributed by atoms with Gasteiger partial charge in [-0.05, 0) is 37.1 Å². The molecule has 0 saturated carbocycles. The van der Waals surface area contributed by atoms with Crippen LogP contribution in [0.4, 0.5) is 10.1 Å². The van der Waals surface area contributed by atoms with Gasteiger partial charge in [-0.2, -0.15) is 0 Å². The van der Waals surface area contributed by atoms with Crippen molar-refractivity contribution in [3.63, 3.8) is 0 Å². The van der Waals surface area contributed by atoms with E-state index in [0.717, 1.165) is 6.42 Å². The maximum absolute atomic E-state index is 12.6. The van der Waals surface area contributed by atoms with Gasteiger partial charge in [0.2, 0.25) is 5.91 Å². The first kappa shape index (κ1) is 13.6. The van der Waals surface area contributed by atoms with E-state index in [1.807, 2.05) is 0 Å². The average molecular weight is 240 g/mol. The first-order valence-corrected chi connectivity index (χ1v) is 5.44. The lowest BCUT2D eigenvalue weighted by atomic mass is 10.1. The van der Waals surface area contributed by atoms with Gasteiger partial charge < -0.3 is 15.8 Å². The molecule has 0 fully saturated rings. The number of carbonyl (C=O) groups excluding carboxylic acids is 1. The Balaban J connectivity index is 2.40. The Hall–Kier alpha value is -1.46. The SMILES string of the molecule is COCCCC(N)C(=O)Nc1ccc(F)cc1. The van der Waals surface area contributed by atoms with Crippen molar-refractivity contribution in [1.29, 1.82) is 0 Å². The van der Waals surface area contributed by atoms with Gasteiger partial charge in [-0.25, -0.2) is 4.39 Å². The summed E-state index contributed by atoms with van der Waals surface area (Å²) in [7, 11) is 1.60. The second kappa shape index (κ2) is 6.98.